The summed E-state index contributed by atoms with van der Waals surface area (Å²) in [6, 6.07) is 10.4. The van der Waals surface area contributed by atoms with E-state index in [2.05, 4.69) is 0 Å². The van der Waals surface area contributed by atoms with Crippen LogP contribution in [-0.2, 0) is 26.1 Å². The third kappa shape index (κ3) is 1.62. The zero-order chi connectivity index (χ0) is 12.9. The molecule has 0 saturated carbocycles. The van der Waals surface area contributed by atoms with E-state index >= 15 is 0 Å². The molecule has 2 aromatic carbocycles. The van der Waals surface area contributed by atoms with Gasteiger partial charge in [-0.05, 0) is 0 Å². The number of benzene rings is 2. The van der Waals surface area contributed by atoms with Gasteiger partial charge in [0, 0.05) is 0 Å². The first-order chi connectivity index (χ1) is 8.58. The van der Waals surface area contributed by atoms with Gasteiger partial charge in [0.15, 0.2) is 0 Å². The van der Waals surface area contributed by atoms with E-state index in [1.807, 2.05) is 12.1 Å². The number of ketones is 2. The van der Waals surface area contributed by atoms with E-state index in [1.165, 1.54) is 0 Å². The average Bonchev–Trinajstić information content (AvgIpc) is 2.36. The van der Waals surface area contributed by atoms with E-state index in [9.17, 15) is 9.59 Å². The van der Waals surface area contributed by atoms with Crippen molar-refractivity contribution < 1.29 is 35.7 Å². The first-order valence-electron chi connectivity index (χ1n) is 5.53. The van der Waals surface area contributed by atoms with Gasteiger partial charge in [0.25, 0.3) is 0 Å². The zero-order valence-electron chi connectivity index (χ0n) is 9.57. The predicted molar refractivity (Wildman–Crippen MR) is 63.8 cm³/mol. The molecule has 0 bridgehead atoms. The number of fused-ring (bicyclic) bond motifs is 2. The van der Waals surface area contributed by atoms with Crippen LogP contribution in [0.3, 0.4) is 0 Å². The number of hydrogen-bond donors (Lipinski definition) is 1. The van der Waals surface area contributed by atoms with Gasteiger partial charge in [-0.2, -0.15) is 0 Å². The van der Waals surface area contributed by atoms with Crippen LogP contribution >= 0.6 is 0 Å². The van der Waals surface area contributed by atoms with Crippen molar-refractivity contribution in [1.82, 2.24) is 0 Å². The molecule has 3 rings (SSSR count). The molecule has 0 fully saturated rings. The monoisotopic (exact) mass is 424 g/mol. The van der Waals surface area contributed by atoms with Crippen LogP contribution in [-0.4, -0.2) is 11.6 Å². The molecule has 0 aromatic heterocycles. The Hall–Kier alpha value is -1.48. The SMILES string of the molecule is Nc1ccc2c(c1)C(=O)c1cc[c]([Hg])cc1C2=O. The molecule has 18 heavy (non-hydrogen) atoms. The van der Waals surface area contributed by atoms with Crippen LogP contribution in [0.5, 0.6) is 0 Å². The van der Waals surface area contributed by atoms with Crippen molar-refractivity contribution in [3.63, 3.8) is 0 Å². The van der Waals surface area contributed by atoms with Crippen LogP contribution in [0.25, 0.3) is 0 Å². The molecule has 0 heterocycles. The predicted octanol–water partition coefficient (Wildman–Crippen LogP) is 1.22. The van der Waals surface area contributed by atoms with Gasteiger partial charge in [-0.15, -0.1) is 0 Å². The van der Waals surface area contributed by atoms with Crippen molar-refractivity contribution in [2.24, 2.45) is 0 Å². The Bertz CT molecular complexity index is 645. The molecule has 2 N–H and O–H groups in total. The summed E-state index contributed by atoms with van der Waals surface area (Å²) in [5, 5.41) is 0. The molecule has 4 heteroatoms. The Morgan fingerprint density at radius 2 is 1.33 bits per heavy atom. The maximum absolute atomic E-state index is 12.3. The molecule has 3 nitrogen and oxygen atoms in total. The quantitative estimate of drug-likeness (QED) is 0.438. The molecule has 1 aliphatic carbocycles. The zero-order valence-corrected chi connectivity index (χ0v) is 15.1. The number of nitrogen functional groups attached to an aromatic ring is 1. The van der Waals surface area contributed by atoms with Crippen molar-refractivity contribution in [2.75, 3.05) is 5.73 Å². The van der Waals surface area contributed by atoms with Gasteiger partial charge in [0.1, 0.15) is 0 Å². The number of carbonyl (C=O) groups is 2. The Labute approximate surface area is 120 Å². The number of hydrogen-bond acceptors (Lipinski definition) is 3. The van der Waals surface area contributed by atoms with Crippen molar-refractivity contribution in [3.05, 3.63) is 58.7 Å². The summed E-state index contributed by atoms with van der Waals surface area (Å²) < 4.78 is 1.16. The van der Waals surface area contributed by atoms with Gasteiger partial charge >= 0.3 is 120 Å². The van der Waals surface area contributed by atoms with E-state index in [1.54, 1.807) is 24.3 Å². The number of carbonyl (C=O) groups excluding carboxylic acids is 2. The summed E-state index contributed by atoms with van der Waals surface area (Å²) in [5.41, 5.74) is 8.08. The van der Waals surface area contributed by atoms with E-state index < -0.39 is 0 Å². The van der Waals surface area contributed by atoms with Crippen LogP contribution in [0.2, 0.25) is 0 Å². The average molecular weight is 423 g/mol. The fourth-order valence-corrected chi connectivity index (χ4v) is 3.47. The topological polar surface area (TPSA) is 60.2 Å². The molecule has 0 saturated heterocycles. The molecule has 1 aliphatic rings. The normalized spacial score (nSPS) is 13.2. The molecule has 0 unspecified atom stereocenters. The van der Waals surface area contributed by atoms with Gasteiger partial charge < -0.3 is 0 Å². The second-order valence-electron chi connectivity index (χ2n) is 4.34. The third-order valence-electron chi connectivity index (χ3n) is 3.11. The standard InChI is InChI=1S/C14H8NO2.Hg/c15-8-5-6-11-12(7-8)14(17)10-4-2-1-3-9(10)13(11)16;/h2-7H,15H2;. The Balaban J connectivity index is 2.31. The molecule has 0 radical (unpaired) electrons. The van der Waals surface area contributed by atoms with Crippen molar-refractivity contribution in [3.8, 4) is 0 Å². The number of rotatable bonds is 0. The summed E-state index contributed by atoms with van der Waals surface area (Å²) in [7, 11) is 0. The summed E-state index contributed by atoms with van der Waals surface area (Å²) in [6.07, 6.45) is 0. The molecule has 0 amide bonds. The molecular formula is C14H8HgNO2. The molecule has 0 spiro atoms. The molecule has 0 atom stereocenters. The third-order valence-corrected chi connectivity index (χ3v) is 4.82. The second kappa shape index (κ2) is 4.02. The molecular weight excluding hydrogens is 415 g/mol. The maximum atomic E-state index is 12.3. The Morgan fingerprint density at radius 3 is 2.00 bits per heavy atom. The van der Waals surface area contributed by atoms with Crippen LogP contribution in [0.15, 0.2) is 36.4 Å². The minimum atomic E-state index is -0.111. The van der Waals surface area contributed by atoms with E-state index in [0.29, 0.717) is 54.1 Å². The van der Waals surface area contributed by atoms with Crippen molar-refractivity contribution >= 4 is 20.3 Å². The van der Waals surface area contributed by atoms with Crippen LogP contribution in [0, 0.1) is 0 Å². The minimum absolute atomic E-state index is 0.0769. The first-order valence-corrected chi connectivity index (χ1v) is 8.28. The fraction of sp³-hybridized carbons (Fsp3) is 0. The van der Waals surface area contributed by atoms with Gasteiger partial charge in [-0.3, -0.25) is 0 Å². The van der Waals surface area contributed by atoms with Crippen molar-refractivity contribution in [1.29, 1.82) is 0 Å². The van der Waals surface area contributed by atoms with Crippen LogP contribution in [0.1, 0.15) is 31.8 Å². The van der Waals surface area contributed by atoms with Crippen molar-refractivity contribution in [2.45, 2.75) is 0 Å². The van der Waals surface area contributed by atoms with Gasteiger partial charge in [-0.1, -0.05) is 0 Å². The fourth-order valence-electron chi connectivity index (χ4n) is 2.22. The second-order valence-corrected chi connectivity index (χ2v) is 7.52. The van der Waals surface area contributed by atoms with Crippen LogP contribution < -0.4 is 8.81 Å². The number of nitrogens with two attached hydrogens (primary N) is 1. The van der Waals surface area contributed by atoms with Gasteiger partial charge in [0.05, 0.1) is 0 Å². The molecule has 83 valence electrons. The van der Waals surface area contributed by atoms with E-state index in [4.69, 9.17) is 5.73 Å². The van der Waals surface area contributed by atoms with E-state index in [0.717, 1.165) is 3.07 Å². The molecule has 0 aliphatic heterocycles. The Kier molecular flexibility index (Phi) is 2.59. The summed E-state index contributed by atoms with van der Waals surface area (Å²) >= 11 is 0.441. The summed E-state index contributed by atoms with van der Waals surface area (Å²) in [5.74, 6) is -0.188. The summed E-state index contributed by atoms with van der Waals surface area (Å²) in [6.45, 7) is 0. The first kappa shape index (κ1) is 11.6. The Morgan fingerprint density at radius 1 is 0.778 bits per heavy atom. The van der Waals surface area contributed by atoms with Gasteiger partial charge in [-0.25, -0.2) is 0 Å². The summed E-state index contributed by atoms with van der Waals surface area (Å²) in [4.78, 5) is 24.7. The van der Waals surface area contributed by atoms with E-state index in [-0.39, 0.29) is 11.6 Å². The molecule has 2 aromatic rings. The number of anilines is 1. The van der Waals surface area contributed by atoms with Gasteiger partial charge in [0.2, 0.25) is 0 Å². The van der Waals surface area contributed by atoms with Crippen LogP contribution in [0.4, 0.5) is 5.69 Å².